The first-order valence-corrected chi connectivity index (χ1v) is 12.6. The molecule has 0 unspecified atom stereocenters. The lowest BCUT2D eigenvalue weighted by Gasteiger charge is -2.67. The summed E-state index contributed by atoms with van der Waals surface area (Å²) in [7, 11) is 0. The molecule has 0 aromatic rings. The van der Waals surface area contributed by atoms with Gasteiger partial charge >= 0.3 is 11.9 Å². The second-order valence-electron chi connectivity index (χ2n) is 12.4. The number of fused-ring (bicyclic) bond motifs is 5. The summed E-state index contributed by atoms with van der Waals surface area (Å²) >= 11 is 0. The average molecular weight is 485 g/mol. The fraction of sp³-hybridized carbons (Fsp3) is 0.679. The lowest BCUT2D eigenvalue weighted by Crippen LogP contribution is -2.66. The molecule has 190 valence electrons. The van der Waals surface area contributed by atoms with Crippen LogP contribution in [-0.2, 0) is 23.9 Å². The Hall–Kier alpha value is -2.25. The smallest absolute Gasteiger partial charge is 0.336 e. The summed E-state index contributed by atoms with van der Waals surface area (Å²) < 4.78 is 11.0. The third-order valence-corrected chi connectivity index (χ3v) is 10.5. The first-order valence-electron chi connectivity index (χ1n) is 12.6. The monoisotopic (exact) mass is 484 g/mol. The van der Waals surface area contributed by atoms with Crippen molar-refractivity contribution in [1.29, 1.82) is 0 Å². The van der Waals surface area contributed by atoms with Gasteiger partial charge in [-0.05, 0) is 48.7 Å². The van der Waals surface area contributed by atoms with Crippen LogP contribution in [0.15, 0.2) is 35.5 Å². The topological polar surface area (TPSA) is 110 Å². The van der Waals surface area contributed by atoms with Crippen LogP contribution in [0.25, 0.3) is 0 Å². The maximum Gasteiger partial charge on any atom is 0.336 e. The van der Waals surface area contributed by atoms with Gasteiger partial charge in [0, 0.05) is 34.7 Å². The molecule has 0 aromatic carbocycles. The number of rotatable bonds is 2. The minimum atomic E-state index is -1.28. The highest BCUT2D eigenvalue weighted by Crippen LogP contribution is 2.72. The molecule has 9 atom stereocenters. The molecule has 4 aliphatic carbocycles. The quantitative estimate of drug-likeness (QED) is 0.457. The van der Waals surface area contributed by atoms with Gasteiger partial charge in [0.25, 0.3) is 0 Å². The number of ketones is 1. The van der Waals surface area contributed by atoms with Gasteiger partial charge in [0.15, 0.2) is 5.78 Å². The van der Waals surface area contributed by atoms with Gasteiger partial charge < -0.3 is 19.7 Å². The van der Waals surface area contributed by atoms with Crippen molar-refractivity contribution in [3.05, 3.63) is 35.5 Å². The number of esters is 2. The van der Waals surface area contributed by atoms with Crippen molar-refractivity contribution in [2.75, 3.05) is 0 Å². The molecule has 2 N–H and O–H groups in total. The molecule has 0 aromatic heterocycles. The first kappa shape index (κ1) is 24.4. The molecule has 1 heterocycles. The van der Waals surface area contributed by atoms with Crippen molar-refractivity contribution < 1.29 is 34.1 Å². The molecule has 7 heteroatoms. The number of hydrogen-bond acceptors (Lipinski definition) is 7. The molecular formula is C28H36O7. The Bertz CT molecular complexity index is 1100. The van der Waals surface area contributed by atoms with Crippen LogP contribution < -0.4 is 0 Å². The van der Waals surface area contributed by atoms with Gasteiger partial charge in [0.05, 0.1) is 6.10 Å². The van der Waals surface area contributed by atoms with Crippen LogP contribution in [0.1, 0.15) is 60.8 Å². The fourth-order valence-corrected chi connectivity index (χ4v) is 8.71. The zero-order valence-corrected chi connectivity index (χ0v) is 21.3. The van der Waals surface area contributed by atoms with Crippen molar-refractivity contribution in [3.63, 3.8) is 0 Å². The van der Waals surface area contributed by atoms with E-state index in [-0.39, 0.29) is 23.5 Å². The Morgan fingerprint density at radius 3 is 2.34 bits per heavy atom. The van der Waals surface area contributed by atoms with Crippen LogP contribution in [0.4, 0.5) is 0 Å². The lowest BCUT2D eigenvalue weighted by molar-refractivity contribution is -0.193. The molecule has 0 amide bonds. The van der Waals surface area contributed by atoms with E-state index in [0.29, 0.717) is 24.8 Å². The third-order valence-electron chi connectivity index (χ3n) is 10.5. The van der Waals surface area contributed by atoms with Gasteiger partial charge in [-0.3, -0.25) is 9.59 Å². The Morgan fingerprint density at radius 2 is 1.74 bits per heavy atom. The summed E-state index contributed by atoms with van der Waals surface area (Å²) in [5.41, 5.74) is -1.03. The largest absolute Gasteiger partial charge is 0.462 e. The second kappa shape index (κ2) is 7.39. The van der Waals surface area contributed by atoms with E-state index in [1.807, 2.05) is 26.8 Å². The highest BCUT2D eigenvalue weighted by Gasteiger charge is 2.70. The number of cyclic esters (lactones) is 1. The zero-order chi connectivity index (χ0) is 25.7. The van der Waals surface area contributed by atoms with Crippen molar-refractivity contribution in [3.8, 4) is 0 Å². The molecule has 2 saturated carbocycles. The molecule has 7 nitrogen and oxygen atoms in total. The molecule has 0 bridgehead atoms. The molecule has 5 aliphatic rings. The molecule has 0 spiro atoms. The lowest BCUT2D eigenvalue weighted by atomic mass is 9.38. The summed E-state index contributed by atoms with van der Waals surface area (Å²) in [5.74, 6) is -1.40. The maximum absolute atomic E-state index is 12.8. The fourth-order valence-electron chi connectivity index (χ4n) is 8.71. The second-order valence-corrected chi connectivity index (χ2v) is 12.4. The van der Waals surface area contributed by atoms with Crippen molar-refractivity contribution in [2.24, 2.45) is 39.4 Å². The normalized spacial score (nSPS) is 47.8. The van der Waals surface area contributed by atoms with E-state index in [1.165, 1.54) is 13.0 Å². The molecule has 0 saturated heterocycles. The van der Waals surface area contributed by atoms with Crippen molar-refractivity contribution >= 4 is 17.7 Å². The van der Waals surface area contributed by atoms with E-state index in [1.54, 1.807) is 6.08 Å². The number of aliphatic hydroxyl groups is 2. The Balaban J connectivity index is 1.66. The summed E-state index contributed by atoms with van der Waals surface area (Å²) in [6.45, 7) is 11.6. The summed E-state index contributed by atoms with van der Waals surface area (Å²) in [6, 6.07) is 0. The number of hydrogen-bond donors (Lipinski definition) is 2. The number of ether oxygens (including phenoxy) is 2. The molecule has 1 aliphatic heterocycles. The zero-order valence-electron chi connectivity index (χ0n) is 21.3. The van der Waals surface area contributed by atoms with Gasteiger partial charge in [-0.25, -0.2) is 4.79 Å². The number of carbonyl (C=O) groups excluding carboxylic acids is 3. The Kier molecular flexibility index (Phi) is 5.16. The van der Waals surface area contributed by atoms with E-state index in [0.717, 1.165) is 5.57 Å². The summed E-state index contributed by atoms with van der Waals surface area (Å²) in [6.07, 6.45) is 6.22. The van der Waals surface area contributed by atoms with E-state index in [4.69, 9.17) is 9.47 Å². The van der Waals surface area contributed by atoms with Gasteiger partial charge in [0.1, 0.15) is 6.10 Å². The van der Waals surface area contributed by atoms with E-state index in [9.17, 15) is 24.6 Å². The Labute approximate surface area is 206 Å². The van der Waals surface area contributed by atoms with Gasteiger partial charge in [-0.2, -0.15) is 0 Å². The molecule has 2 fully saturated rings. The minimum absolute atomic E-state index is 0.0663. The van der Waals surface area contributed by atoms with Gasteiger partial charge in [0.2, 0.25) is 6.29 Å². The predicted octanol–water partition coefficient (Wildman–Crippen LogP) is 3.25. The average Bonchev–Trinajstić information content (AvgIpc) is 3.28. The highest BCUT2D eigenvalue weighted by atomic mass is 16.6. The summed E-state index contributed by atoms with van der Waals surface area (Å²) in [4.78, 5) is 37.7. The highest BCUT2D eigenvalue weighted by molar-refractivity contribution is 5.96. The van der Waals surface area contributed by atoms with E-state index < -0.39 is 52.1 Å². The van der Waals surface area contributed by atoms with Crippen LogP contribution in [-0.4, -0.2) is 46.4 Å². The Morgan fingerprint density at radius 1 is 1.06 bits per heavy atom. The van der Waals surface area contributed by atoms with Gasteiger partial charge in [-0.15, -0.1) is 0 Å². The van der Waals surface area contributed by atoms with Crippen LogP contribution in [0.3, 0.4) is 0 Å². The molecule has 5 rings (SSSR count). The van der Waals surface area contributed by atoms with Crippen LogP contribution in [0, 0.1) is 39.4 Å². The SMILES string of the molecule is CC(=O)O[C@H]1C[C@@H]2[C@@]3(C)C=CC(=O)C(C)(C)[C@@H]3C[C@@H](O)[C@@]2(C)C2=CC[C@@H](C3=C[C@@H](O)OC3=O)[C@@]21C. The predicted molar refractivity (Wildman–Crippen MR) is 126 cm³/mol. The van der Waals surface area contributed by atoms with Crippen molar-refractivity contribution in [2.45, 2.75) is 79.3 Å². The van der Waals surface area contributed by atoms with Crippen LogP contribution in [0.5, 0.6) is 0 Å². The maximum atomic E-state index is 12.8. The first-order chi connectivity index (χ1) is 16.2. The third kappa shape index (κ3) is 3.00. The number of carbonyl (C=O) groups is 3. The summed E-state index contributed by atoms with van der Waals surface area (Å²) in [5, 5.41) is 21.7. The standard InChI is InChI=1S/C28H36O7/c1-14(29)34-22-13-19-26(4)10-9-20(30)25(2,3)18(26)12-21(31)28(19,6)17-8-7-16(27(17,22)5)15-11-23(32)35-24(15)33/h8-11,16,18-19,21-23,31-32H,7,12-13H2,1-6H3/t16-,18-,19+,21+,22-,23-,26-,27-,28-/m0/s1. The number of allylic oxidation sites excluding steroid dienone is 3. The van der Waals surface area contributed by atoms with E-state index >= 15 is 0 Å². The van der Waals surface area contributed by atoms with Crippen LogP contribution >= 0.6 is 0 Å². The van der Waals surface area contributed by atoms with Crippen molar-refractivity contribution in [1.82, 2.24) is 0 Å². The molecule has 35 heavy (non-hydrogen) atoms. The van der Waals surface area contributed by atoms with E-state index in [2.05, 4.69) is 19.9 Å². The number of aliphatic hydroxyl groups excluding tert-OH is 2. The van der Waals surface area contributed by atoms with Gasteiger partial charge in [-0.1, -0.05) is 52.3 Å². The molecule has 0 radical (unpaired) electrons. The molecular weight excluding hydrogens is 448 g/mol. The van der Waals surface area contributed by atoms with Crippen LogP contribution in [0.2, 0.25) is 0 Å². The minimum Gasteiger partial charge on any atom is -0.462 e.